The summed E-state index contributed by atoms with van der Waals surface area (Å²) in [5.74, 6) is -0.315. The summed E-state index contributed by atoms with van der Waals surface area (Å²) in [5, 5.41) is 0. The van der Waals surface area contributed by atoms with Gasteiger partial charge in [-0.25, -0.2) is 9.78 Å². The number of rotatable bonds is 4. The monoisotopic (exact) mass is 342 g/mol. The molecule has 4 rings (SSSR count). The summed E-state index contributed by atoms with van der Waals surface area (Å²) in [6.07, 6.45) is 1.78. The summed E-state index contributed by atoms with van der Waals surface area (Å²) in [7, 11) is 0. The van der Waals surface area contributed by atoms with Crippen molar-refractivity contribution < 1.29 is 9.53 Å². The summed E-state index contributed by atoms with van der Waals surface area (Å²) >= 11 is 0. The molecule has 26 heavy (non-hydrogen) atoms. The topological polar surface area (TPSA) is 44.1 Å². The highest BCUT2D eigenvalue weighted by Crippen LogP contribution is 2.25. The van der Waals surface area contributed by atoms with Crippen molar-refractivity contribution in [3.05, 3.63) is 84.7 Å². The molecule has 0 aliphatic heterocycles. The van der Waals surface area contributed by atoms with Crippen LogP contribution < -0.4 is 0 Å². The molecule has 0 atom stereocenters. The molecule has 4 nitrogen and oxygen atoms in total. The van der Waals surface area contributed by atoms with Gasteiger partial charge >= 0.3 is 5.97 Å². The highest BCUT2D eigenvalue weighted by atomic mass is 16.5. The molecule has 4 heteroatoms. The summed E-state index contributed by atoms with van der Waals surface area (Å²) in [6.45, 7) is 2.16. The second kappa shape index (κ2) is 6.84. The average Bonchev–Trinajstić information content (AvgIpc) is 3.12. The number of nitrogens with zero attached hydrogens (tertiary/aromatic N) is 2. The molecule has 0 saturated heterocycles. The number of imidazole rings is 1. The SMILES string of the molecule is CCOC(=O)c1cccc(-n2cnc3cc(-c4ccccc4)ccc32)c1. The van der Waals surface area contributed by atoms with Gasteiger partial charge in [0.05, 0.1) is 23.2 Å². The highest BCUT2D eigenvalue weighted by molar-refractivity contribution is 5.90. The largest absolute Gasteiger partial charge is 0.462 e. The maximum Gasteiger partial charge on any atom is 0.338 e. The lowest BCUT2D eigenvalue weighted by molar-refractivity contribution is 0.0526. The Morgan fingerprint density at radius 1 is 0.962 bits per heavy atom. The van der Waals surface area contributed by atoms with E-state index in [1.165, 1.54) is 0 Å². The smallest absolute Gasteiger partial charge is 0.338 e. The van der Waals surface area contributed by atoms with Gasteiger partial charge in [-0.1, -0.05) is 42.5 Å². The molecule has 0 spiro atoms. The lowest BCUT2D eigenvalue weighted by Gasteiger charge is -2.08. The van der Waals surface area contributed by atoms with Crippen LogP contribution in [0.2, 0.25) is 0 Å². The van der Waals surface area contributed by atoms with Crippen LogP contribution in [0.25, 0.3) is 27.8 Å². The Morgan fingerprint density at radius 2 is 1.81 bits per heavy atom. The standard InChI is InChI=1S/C22H18N2O2/c1-2-26-22(25)18-9-6-10-19(13-18)24-15-23-20-14-17(11-12-21(20)24)16-7-4-3-5-8-16/h3-15H,2H2,1H3. The molecule has 0 unspecified atom stereocenters. The van der Waals surface area contributed by atoms with Gasteiger partial charge in [0.25, 0.3) is 0 Å². The third-order valence-corrected chi connectivity index (χ3v) is 4.29. The summed E-state index contributed by atoms with van der Waals surface area (Å²) < 4.78 is 7.07. The molecule has 0 N–H and O–H groups in total. The molecule has 1 heterocycles. The molecule has 0 aliphatic carbocycles. The zero-order valence-corrected chi connectivity index (χ0v) is 14.4. The van der Waals surface area contributed by atoms with Gasteiger partial charge in [-0.15, -0.1) is 0 Å². The minimum Gasteiger partial charge on any atom is -0.462 e. The molecule has 0 amide bonds. The highest BCUT2D eigenvalue weighted by Gasteiger charge is 2.10. The zero-order valence-electron chi connectivity index (χ0n) is 14.4. The Balaban J connectivity index is 1.74. The van der Waals surface area contributed by atoms with E-state index in [2.05, 4.69) is 35.3 Å². The quantitative estimate of drug-likeness (QED) is 0.497. The average molecular weight is 342 g/mol. The number of esters is 1. The first kappa shape index (κ1) is 16.1. The van der Waals surface area contributed by atoms with E-state index >= 15 is 0 Å². The first-order chi connectivity index (χ1) is 12.8. The fourth-order valence-corrected chi connectivity index (χ4v) is 3.03. The third-order valence-electron chi connectivity index (χ3n) is 4.29. The number of carbonyl (C=O) groups is 1. The maximum absolute atomic E-state index is 12.0. The lowest BCUT2D eigenvalue weighted by Crippen LogP contribution is -2.05. The summed E-state index contributed by atoms with van der Waals surface area (Å²) in [4.78, 5) is 16.5. The van der Waals surface area contributed by atoms with Gasteiger partial charge in [0.15, 0.2) is 0 Å². The van der Waals surface area contributed by atoms with E-state index in [4.69, 9.17) is 4.74 Å². The van der Waals surface area contributed by atoms with E-state index < -0.39 is 0 Å². The summed E-state index contributed by atoms with van der Waals surface area (Å²) in [6, 6.07) is 23.8. The molecule has 3 aromatic carbocycles. The Kier molecular flexibility index (Phi) is 4.23. The van der Waals surface area contributed by atoms with Gasteiger partial charge in [0.1, 0.15) is 6.33 Å². The Labute approximate surface area is 151 Å². The van der Waals surface area contributed by atoms with Gasteiger partial charge in [0, 0.05) is 5.69 Å². The molecule has 4 aromatic rings. The lowest BCUT2D eigenvalue weighted by atomic mass is 10.1. The van der Waals surface area contributed by atoms with E-state index in [0.29, 0.717) is 12.2 Å². The fraction of sp³-hybridized carbons (Fsp3) is 0.0909. The maximum atomic E-state index is 12.0. The van der Waals surface area contributed by atoms with Crippen molar-refractivity contribution in [2.45, 2.75) is 6.92 Å². The predicted octanol–water partition coefficient (Wildman–Crippen LogP) is 4.87. The molecule has 0 fully saturated rings. The van der Waals surface area contributed by atoms with Crippen LogP contribution in [0.5, 0.6) is 0 Å². The second-order valence-corrected chi connectivity index (χ2v) is 5.95. The van der Waals surface area contributed by atoms with E-state index in [1.807, 2.05) is 41.0 Å². The van der Waals surface area contributed by atoms with Crippen LogP contribution in [0.3, 0.4) is 0 Å². The Hall–Kier alpha value is -3.40. The number of aromatic nitrogens is 2. The molecule has 0 aliphatic rings. The van der Waals surface area contributed by atoms with E-state index in [9.17, 15) is 4.79 Å². The molecule has 0 radical (unpaired) electrons. The van der Waals surface area contributed by atoms with Gasteiger partial charge in [-0.05, 0) is 48.4 Å². The number of hydrogen-bond acceptors (Lipinski definition) is 3. The van der Waals surface area contributed by atoms with Crippen molar-refractivity contribution in [1.82, 2.24) is 9.55 Å². The minimum absolute atomic E-state index is 0.315. The van der Waals surface area contributed by atoms with Crippen LogP contribution in [-0.4, -0.2) is 22.1 Å². The minimum atomic E-state index is -0.315. The Morgan fingerprint density at radius 3 is 2.62 bits per heavy atom. The number of ether oxygens (including phenoxy) is 1. The van der Waals surface area contributed by atoms with Gasteiger partial charge in [-0.2, -0.15) is 0 Å². The normalized spacial score (nSPS) is 10.8. The van der Waals surface area contributed by atoms with Crippen LogP contribution in [0.15, 0.2) is 79.1 Å². The zero-order chi connectivity index (χ0) is 17.9. The van der Waals surface area contributed by atoms with Crippen molar-refractivity contribution in [1.29, 1.82) is 0 Å². The fourth-order valence-electron chi connectivity index (χ4n) is 3.03. The van der Waals surface area contributed by atoms with Crippen molar-refractivity contribution in [2.24, 2.45) is 0 Å². The van der Waals surface area contributed by atoms with E-state index in [1.54, 1.807) is 19.3 Å². The van der Waals surface area contributed by atoms with Crippen LogP contribution >= 0.6 is 0 Å². The van der Waals surface area contributed by atoms with Crippen molar-refractivity contribution in [3.8, 4) is 16.8 Å². The molecule has 128 valence electrons. The molecule has 1 aromatic heterocycles. The van der Waals surface area contributed by atoms with Crippen LogP contribution in [0.4, 0.5) is 0 Å². The second-order valence-electron chi connectivity index (χ2n) is 5.95. The van der Waals surface area contributed by atoms with E-state index in [-0.39, 0.29) is 5.97 Å². The van der Waals surface area contributed by atoms with Crippen molar-refractivity contribution in [3.63, 3.8) is 0 Å². The first-order valence-corrected chi connectivity index (χ1v) is 8.56. The third kappa shape index (κ3) is 2.97. The molecular weight excluding hydrogens is 324 g/mol. The molecule has 0 bridgehead atoms. The summed E-state index contributed by atoms with van der Waals surface area (Å²) in [5.41, 5.74) is 5.60. The first-order valence-electron chi connectivity index (χ1n) is 8.56. The van der Waals surface area contributed by atoms with Crippen LogP contribution in [-0.2, 0) is 4.74 Å². The van der Waals surface area contributed by atoms with Gasteiger partial charge in [0.2, 0.25) is 0 Å². The van der Waals surface area contributed by atoms with E-state index in [0.717, 1.165) is 27.8 Å². The predicted molar refractivity (Wildman–Crippen MR) is 102 cm³/mol. The molecule has 0 saturated carbocycles. The van der Waals surface area contributed by atoms with Gasteiger partial charge < -0.3 is 4.74 Å². The molecular formula is C22H18N2O2. The van der Waals surface area contributed by atoms with Crippen molar-refractivity contribution >= 4 is 17.0 Å². The number of fused-ring (bicyclic) bond motifs is 1. The Bertz CT molecular complexity index is 1070. The van der Waals surface area contributed by atoms with Crippen LogP contribution in [0.1, 0.15) is 17.3 Å². The number of benzene rings is 3. The van der Waals surface area contributed by atoms with Crippen LogP contribution in [0, 0.1) is 0 Å². The number of carbonyl (C=O) groups excluding carboxylic acids is 1. The van der Waals surface area contributed by atoms with Gasteiger partial charge in [-0.3, -0.25) is 4.57 Å². The number of hydrogen-bond donors (Lipinski definition) is 0. The van der Waals surface area contributed by atoms with Crippen molar-refractivity contribution in [2.75, 3.05) is 6.61 Å².